The smallest absolute Gasteiger partial charge is 0.870 e. The molecule has 72 heavy (non-hydrogen) atoms. The van der Waals surface area contributed by atoms with Gasteiger partial charge in [-0.3, -0.25) is 9.59 Å². The SMILES string of the molecule is COC(=O)[C@@H]1C[C@H](CS(=O)(=O)Cc2ccccc2)CN1C(=O)C(c1ccccc1)c1ccccc1.O.O=C(O)[C@@H]1C[C@H](CS(=O)(=O)Cc2ccccc2)CN1C(=O)C(c1ccccc1)c1ccccc1.[Li+].[OH-]. The van der Waals surface area contributed by atoms with Crippen molar-refractivity contribution in [1.29, 1.82) is 0 Å². The Morgan fingerprint density at radius 1 is 0.514 bits per heavy atom. The molecule has 374 valence electrons. The van der Waals surface area contributed by atoms with E-state index in [-0.39, 0.29) is 96.5 Å². The molecule has 0 spiro atoms. The van der Waals surface area contributed by atoms with Crippen molar-refractivity contribution >= 4 is 43.4 Å². The number of rotatable bonds is 16. The molecule has 0 aliphatic carbocycles. The second-order valence-electron chi connectivity index (χ2n) is 17.7. The predicted molar refractivity (Wildman–Crippen MR) is 270 cm³/mol. The summed E-state index contributed by atoms with van der Waals surface area (Å²) in [6.45, 7) is 0.281. The number of aliphatic carboxylic acids is 1. The van der Waals surface area contributed by atoms with Crippen LogP contribution in [0.2, 0.25) is 0 Å². The van der Waals surface area contributed by atoms with Crippen LogP contribution in [0.4, 0.5) is 0 Å². The zero-order valence-electron chi connectivity index (χ0n) is 40.2. The zero-order chi connectivity index (χ0) is 49.0. The molecule has 2 aliphatic rings. The number of carboxylic acids is 1. The maximum Gasteiger partial charge on any atom is 1.00 e. The van der Waals surface area contributed by atoms with Crippen LogP contribution in [-0.2, 0) is 55.1 Å². The van der Waals surface area contributed by atoms with Gasteiger partial charge in [0, 0.05) is 13.1 Å². The van der Waals surface area contributed by atoms with Crippen molar-refractivity contribution in [2.24, 2.45) is 11.8 Å². The molecule has 4 atom stereocenters. The van der Waals surface area contributed by atoms with Crippen LogP contribution >= 0.6 is 0 Å². The fourth-order valence-electron chi connectivity index (χ4n) is 9.53. The fraction of sp³-hybridized carbons (Fsp3) is 0.273. The van der Waals surface area contributed by atoms with Crippen LogP contribution < -0.4 is 18.9 Å². The number of benzene rings is 6. The van der Waals surface area contributed by atoms with E-state index in [1.54, 1.807) is 48.5 Å². The number of carbonyl (C=O) groups is 4. The van der Waals surface area contributed by atoms with Crippen LogP contribution in [0.25, 0.3) is 0 Å². The molecule has 2 heterocycles. The first-order chi connectivity index (χ1) is 33.2. The van der Waals surface area contributed by atoms with Gasteiger partial charge in [0.15, 0.2) is 19.7 Å². The number of carboxylic acid groups (broad SMARTS) is 1. The van der Waals surface area contributed by atoms with Gasteiger partial charge in [0.1, 0.15) is 12.1 Å². The number of ether oxygens (including phenoxy) is 1. The molecule has 2 amide bonds. The van der Waals surface area contributed by atoms with E-state index < -0.39 is 61.5 Å². The molecule has 14 nitrogen and oxygen atoms in total. The van der Waals surface area contributed by atoms with Crippen LogP contribution in [0.15, 0.2) is 182 Å². The van der Waals surface area contributed by atoms with Gasteiger partial charge in [0.25, 0.3) is 0 Å². The zero-order valence-corrected chi connectivity index (χ0v) is 41.9. The van der Waals surface area contributed by atoms with Gasteiger partial charge in [-0.1, -0.05) is 182 Å². The molecule has 2 aliphatic heterocycles. The molecule has 8 rings (SSSR count). The summed E-state index contributed by atoms with van der Waals surface area (Å²) in [5.41, 5.74) is 4.57. The monoisotopic (exact) mass is 1010 g/mol. The topological polar surface area (TPSA) is 234 Å². The first-order valence-corrected chi connectivity index (χ1v) is 26.5. The van der Waals surface area contributed by atoms with Gasteiger partial charge in [-0.15, -0.1) is 0 Å². The van der Waals surface area contributed by atoms with Gasteiger partial charge in [-0.2, -0.15) is 0 Å². The van der Waals surface area contributed by atoms with Crippen molar-refractivity contribution < 1.29 is 75.7 Å². The van der Waals surface area contributed by atoms with Crippen molar-refractivity contribution in [2.45, 2.75) is 48.3 Å². The number of sulfone groups is 2. The quantitative estimate of drug-likeness (QED) is 0.109. The summed E-state index contributed by atoms with van der Waals surface area (Å²) < 4.78 is 56.5. The van der Waals surface area contributed by atoms with Crippen molar-refractivity contribution in [3.05, 3.63) is 215 Å². The summed E-state index contributed by atoms with van der Waals surface area (Å²) in [6, 6.07) is 53.4. The third-order valence-electron chi connectivity index (χ3n) is 12.6. The van der Waals surface area contributed by atoms with E-state index in [0.29, 0.717) is 5.56 Å². The normalized spacial score (nSPS) is 17.3. The number of hydrogen-bond donors (Lipinski definition) is 1. The minimum atomic E-state index is -3.47. The molecule has 6 aromatic carbocycles. The van der Waals surface area contributed by atoms with Crippen molar-refractivity contribution in [3.63, 3.8) is 0 Å². The maximum atomic E-state index is 13.9. The van der Waals surface area contributed by atoms with Crippen molar-refractivity contribution in [3.8, 4) is 0 Å². The van der Waals surface area contributed by atoms with Crippen LogP contribution in [0.1, 0.15) is 58.1 Å². The van der Waals surface area contributed by atoms with Crippen LogP contribution in [0.3, 0.4) is 0 Å². The fourth-order valence-corrected chi connectivity index (χ4v) is 13.1. The number of carbonyl (C=O) groups excluding carboxylic acids is 3. The molecule has 0 bridgehead atoms. The minimum absolute atomic E-state index is 0. The van der Waals surface area contributed by atoms with E-state index in [4.69, 9.17) is 4.74 Å². The van der Waals surface area contributed by atoms with E-state index in [0.717, 1.165) is 27.8 Å². The molecule has 2 saturated heterocycles. The standard InChI is InChI=1S/C28H29NO5S.C27H27NO5S.Li.2H2O/c1-34-28(31)25-17-22(20-35(32,33)19-21-11-5-2-6-12-21)18-29(25)27(30)26(23-13-7-3-8-14-23)24-15-9-4-10-16-24;29-26(25(22-12-6-2-7-13-22)23-14-8-3-9-15-23)28-17-21(16-24(28)27(30)31)19-34(32,33)18-20-10-4-1-5-11-20;;;/h2-16,22,25-26H,17-20H2,1H3;1-15,21,24-25H,16-19H2,(H,30,31);;2*1H2/q;;+1;;/p-1/t22-,25-;21-,24-;;;/m00.../s1. The second-order valence-corrected chi connectivity index (χ2v) is 21.9. The Morgan fingerprint density at radius 3 is 1.08 bits per heavy atom. The average Bonchev–Trinajstić information content (AvgIpc) is 3.97. The van der Waals surface area contributed by atoms with Gasteiger partial charge in [0.05, 0.1) is 42.0 Å². The van der Waals surface area contributed by atoms with Crippen LogP contribution in [0, 0.1) is 11.8 Å². The van der Waals surface area contributed by atoms with Crippen LogP contribution in [0.5, 0.6) is 0 Å². The Labute approximate surface area is 433 Å². The summed E-state index contributed by atoms with van der Waals surface area (Å²) >= 11 is 0. The number of nitrogens with zero attached hydrogens (tertiary/aromatic N) is 2. The minimum Gasteiger partial charge on any atom is -0.870 e. The molecule has 4 N–H and O–H groups in total. The molecule has 2 fully saturated rings. The van der Waals surface area contributed by atoms with E-state index in [2.05, 4.69) is 0 Å². The number of likely N-dealkylation sites (tertiary alicyclic amines) is 2. The Balaban J connectivity index is 0.000000300. The van der Waals surface area contributed by atoms with Gasteiger partial charge in [-0.25, -0.2) is 26.4 Å². The number of amides is 2. The van der Waals surface area contributed by atoms with E-state index in [9.17, 15) is 41.1 Å². The van der Waals surface area contributed by atoms with E-state index in [1.165, 1.54) is 16.9 Å². The molecular weight excluding hydrogens is 952 g/mol. The summed E-state index contributed by atoms with van der Waals surface area (Å²) in [6.07, 6.45) is 0.369. The van der Waals surface area contributed by atoms with E-state index >= 15 is 0 Å². The summed E-state index contributed by atoms with van der Waals surface area (Å²) in [5.74, 6) is -4.70. The Morgan fingerprint density at radius 2 is 0.792 bits per heavy atom. The molecular formula is C55H59LiN2O12S2. The molecule has 17 heteroatoms. The number of hydrogen-bond acceptors (Lipinski definition) is 10. The maximum absolute atomic E-state index is 13.9. The number of methoxy groups -OCH3 is 1. The first-order valence-electron chi connectivity index (χ1n) is 22.8. The van der Waals surface area contributed by atoms with Crippen molar-refractivity contribution in [2.75, 3.05) is 31.7 Å². The van der Waals surface area contributed by atoms with Gasteiger partial charge in [0.2, 0.25) is 11.8 Å². The summed E-state index contributed by atoms with van der Waals surface area (Å²) in [5, 5.41) is 9.86. The molecule has 6 aromatic rings. The Hall–Kier alpha value is -6.38. The van der Waals surface area contributed by atoms with Gasteiger partial charge >= 0.3 is 30.8 Å². The van der Waals surface area contributed by atoms with Crippen molar-refractivity contribution in [1.82, 2.24) is 9.80 Å². The Kier molecular flexibility index (Phi) is 21.7. The first kappa shape index (κ1) is 58.2. The third-order valence-corrected chi connectivity index (χ3v) is 16.1. The summed E-state index contributed by atoms with van der Waals surface area (Å²) in [7, 11) is -5.62. The second kappa shape index (κ2) is 26.9. The van der Waals surface area contributed by atoms with Gasteiger partial charge in [-0.05, 0) is 58.1 Å². The molecule has 0 radical (unpaired) electrons. The van der Waals surface area contributed by atoms with Crippen LogP contribution in [-0.4, -0.2) is 110 Å². The number of esters is 1. The Bertz CT molecular complexity index is 2810. The van der Waals surface area contributed by atoms with Gasteiger partial charge < -0.3 is 30.6 Å². The van der Waals surface area contributed by atoms with E-state index in [1.807, 2.05) is 133 Å². The molecule has 0 unspecified atom stereocenters. The average molecular weight is 1010 g/mol. The molecule has 0 aromatic heterocycles. The largest absolute Gasteiger partial charge is 1.00 e. The summed E-state index contributed by atoms with van der Waals surface area (Å²) in [4.78, 5) is 55.3. The predicted octanol–water partition coefficient (Wildman–Crippen LogP) is 3.56. The third kappa shape index (κ3) is 15.3. The molecule has 0 saturated carbocycles.